The number of halogens is 1. The zero-order valence-corrected chi connectivity index (χ0v) is 17.2. The zero-order valence-electron chi connectivity index (χ0n) is 17.2. The number of hydrogen-bond acceptors (Lipinski definition) is 4. The molecule has 3 aromatic rings. The van der Waals surface area contributed by atoms with E-state index in [0.29, 0.717) is 43.2 Å². The Morgan fingerprint density at radius 1 is 1.06 bits per heavy atom. The minimum atomic E-state index is -0.535. The van der Waals surface area contributed by atoms with Crippen molar-refractivity contribution in [1.82, 2.24) is 20.0 Å². The van der Waals surface area contributed by atoms with Crippen molar-refractivity contribution < 1.29 is 14.0 Å². The van der Waals surface area contributed by atoms with Gasteiger partial charge in [0.15, 0.2) is 5.69 Å². The number of likely N-dealkylation sites (tertiary alicyclic amines) is 1. The number of amides is 2. The second-order valence-electron chi connectivity index (χ2n) is 7.53. The Kier molecular flexibility index (Phi) is 5.79. The first-order valence-electron chi connectivity index (χ1n) is 10.3. The van der Waals surface area contributed by atoms with Crippen LogP contribution >= 0.6 is 0 Å². The second kappa shape index (κ2) is 8.67. The summed E-state index contributed by atoms with van der Waals surface area (Å²) >= 11 is 0. The van der Waals surface area contributed by atoms with Crippen LogP contribution in [0.1, 0.15) is 40.6 Å². The van der Waals surface area contributed by atoms with Crippen molar-refractivity contribution in [3.8, 4) is 0 Å². The first-order chi connectivity index (χ1) is 15.0. The molecule has 1 N–H and O–H groups in total. The fourth-order valence-electron chi connectivity index (χ4n) is 3.90. The van der Waals surface area contributed by atoms with Gasteiger partial charge in [-0.15, -0.1) is 0 Å². The number of aryl methyl sites for hydroxylation is 1. The Hall–Kier alpha value is -3.55. The van der Waals surface area contributed by atoms with Crippen molar-refractivity contribution in [3.63, 3.8) is 0 Å². The molecule has 0 aliphatic carbocycles. The molecule has 1 aromatic heterocycles. The van der Waals surface area contributed by atoms with E-state index >= 15 is 0 Å². The van der Waals surface area contributed by atoms with E-state index in [1.807, 2.05) is 0 Å². The number of piperidine rings is 1. The molecule has 0 saturated carbocycles. The summed E-state index contributed by atoms with van der Waals surface area (Å²) < 4.78 is 15.2. The van der Waals surface area contributed by atoms with Gasteiger partial charge in [-0.1, -0.05) is 30.3 Å². The van der Waals surface area contributed by atoms with Gasteiger partial charge in [0, 0.05) is 31.1 Å². The van der Waals surface area contributed by atoms with Crippen LogP contribution in [0.3, 0.4) is 0 Å². The van der Waals surface area contributed by atoms with Gasteiger partial charge < -0.3 is 10.2 Å². The lowest BCUT2D eigenvalue weighted by Gasteiger charge is -2.32. The maximum Gasteiger partial charge on any atom is 0.274 e. The summed E-state index contributed by atoms with van der Waals surface area (Å²) in [4.78, 5) is 39.6. The topological polar surface area (TPSA) is 84.3 Å². The van der Waals surface area contributed by atoms with Crippen molar-refractivity contribution in [2.24, 2.45) is 0 Å². The first kappa shape index (κ1) is 20.7. The van der Waals surface area contributed by atoms with Gasteiger partial charge in [0.05, 0.1) is 10.9 Å². The minimum absolute atomic E-state index is 0.0578. The second-order valence-corrected chi connectivity index (χ2v) is 7.53. The number of carbonyl (C=O) groups excluding carboxylic acids is 2. The highest BCUT2D eigenvalue weighted by molar-refractivity contribution is 6.04. The van der Waals surface area contributed by atoms with Gasteiger partial charge in [0.1, 0.15) is 5.82 Å². The van der Waals surface area contributed by atoms with E-state index in [9.17, 15) is 18.8 Å². The molecule has 1 saturated heterocycles. The SMILES string of the molecule is CCn1nc(C(=O)NC2CCN(C(=O)c3ccccc3F)CC2)c2ccccc2c1=O. The molecule has 160 valence electrons. The lowest BCUT2D eigenvalue weighted by molar-refractivity contribution is 0.0693. The number of fused-ring (bicyclic) bond motifs is 1. The Labute approximate surface area is 178 Å². The minimum Gasteiger partial charge on any atom is -0.348 e. The van der Waals surface area contributed by atoms with E-state index < -0.39 is 5.82 Å². The summed E-state index contributed by atoms with van der Waals surface area (Å²) in [6.07, 6.45) is 1.11. The van der Waals surface area contributed by atoms with Gasteiger partial charge in [-0.05, 0) is 38.0 Å². The van der Waals surface area contributed by atoms with Crippen LogP contribution in [0.25, 0.3) is 10.8 Å². The van der Waals surface area contributed by atoms with Crippen molar-refractivity contribution in [2.75, 3.05) is 13.1 Å². The predicted octanol–water partition coefficient (Wildman–Crippen LogP) is 2.59. The third kappa shape index (κ3) is 4.05. The van der Waals surface area contributed by atoms with Crippen LogP contribution in [0, 0.1) is 5.82 Å². The number of carbonyl (C=O) groups is 2. The molecule has 0 spiro atoms. The van der Waals surface area contributed by atoms with Crippen LogP contribution in [0.5, 0.6) is 0 Å². The van der Waals surface area contributed by atoms with Gasteiger partial charge in [0.25, 0.3) is 17.4 Å². The molecule has 2 aromatic carbocycles. The average molecular weight is 422 g/mol. The molecule has 2 amide bonds. The number of benzene rings is 2. The largest absolute Gasteiger partial charge is 0.348 e. The molecular weight excluding hydrogens is 399 g/mol. The molecule has 7 nitrogen and oxygen atoms in total. The van der Waals surface area contributed by atoms with Crippen LogP contribution in [0.4, 0.5) is 4.39 Å². The summed E-state index contributed by atoms with van der Waals surface area (Å²) in [5.74, 6) is -1.23. The third-order valence-electron chi connectivity index (χ3n) is 5.60. The smallest absolute Gasteiger partial charge is 0.274 e. The fourth-order valence-corrected chi connectivity index (χ4v) is 3.90. The van der Waals surface area contributed by atoms with Crippen LogP contribution in [-0.2, 0) is 6.54 Å². The standard InChI is InChI=1S/C23H23FN4O3/c1-2-28-23(31)17-8-4-3-7-16(17)20(26-28)21(29)25-15-11-13-27(14-12-15)22(30)18-9-5-6-10-19(18)24/h3-10,15H,2,11-14H2,1H3,(H,25,29). The average Bonchev–Trinajstić information content (AvgIpc) is 2.80. The number of hydrogen-bond donors (Lipinski definition) is 1. The Morgan fingerprint density at radius 2 is 1.71 bits per heavy atom. The molecule has 0 radical (unpaired) electrons. The van der Waals surface area contributed by atoms with E-state index in [-0.39, 0.29) is 34.7 Å². The van der Waals surface area contributed by atoms with E-state index in [1.54, 1.807) is 48.2 Å². The van der Waals surface area contributed by atoms with Crippen molar-refractivity contribution >= 4 is 22.6 Å². The number of nitrogens with one attached hydrogen (secondary N) is 1. The number of aromatic nitrogens is 2. The van der Waals surface area contributed by atoms with Crippen LogP contribution < -0.4 is 10.9 Å². The van der Waals surface area contributed by atoms with E-state index in [1.165, 1.54) is 16.8 Å². The first-order valence-corrected chi connectivity index (χ1v) is 10.3. The van der Waals surface area contributed by atoms with Gasteiger partial charge in [-0.2, -0.15) is 5.10 Å². The van der Waals surface area contributed by atoms with Gasteiger partial charge in [-0.25, -0.2) is 9.07 Å². The lowest BCUT2D eigenvalue weighted by Crippen LogP contribution is -2.47. The molecule has 4 rings (SSSR count). The van der Waals surface area contributed by atoms with E-state index in [2.05, 4.69) is 10.4 Å². The van der Waals surface area contributed by atoms with Crippen LogP contribution in [-0.4, -0.2) is 45.6 Å². The van der Waals surface area contributed by atoms with Crippen LogP contribution in [0.2, 0.25) is 0 Å². The van der Waals surface area contributed by atoms with Crippen molar-refractivity contribution in [2.45, 2.75) is 32.4 Å². The quantitative estimate of drug-likeness (QED) is 0.701. The highest BCUT2D eigenvalue weighted by Gasteiger charge is 2.27. The van der Waals surface area contributed by atoms with E-state index in [0.717, 1.165) is 0 Å². The summed E-state index contributed by atoms with van der Waals surface area (Å²) in [5, 5.41) is 8.21. The maximum atomic E-state index is 13.9. The molecule has 8 heteroatoms. The fraction of sp³-hybridized carbons (Fsp3) is 0.304. The Balaban J connectivity index is 1.47. The zero-order chi connectivity index (χ0) is 22.0. The molecule has 31 heavy (non-hydrogen) atoms. The normalized spacial score (nSPS) is 14.6. The summed E-state index contributed by atoms with van der Waals surface area (Å²) in [5.41, 5.74) is 0.0407. The monoisotopic (exact) mass is 422 g/mol. The third-order valence-corrected chi connectivity index (χ3v) is 5.60. The summed E-state index contributed by atoms with van der Waals surface area (Å²) in [7, 11) is 0. The van der Waals surface area contributed by atoms with Crippen molar-refractivity contribution in [3.05, 3.63) is 76.0 Å². The number of nitrogens with zero attached hydrogens (tertiary/aromatic N) is 3. The summed E-state index contributed by atoms with van der Waals surface area (Å²) in [6.45, 7) is 3.00. The molecule has 1 aliphatic rings. The molecule has 1 fully saturated rings. The van der Waals surface area contributed by atoms with Crippen molar-refractivity contribution in [1.29, 1.82) is 0 Å². The van der Waals surface area contributed by atoms with Gasteiger partial charge in [-0.3, -0.25) is 14.4 Å². The van der Waals surface area contributed by atoms with Gasteiger partial charge in [0.2, 0.25) is 0 Å². The molecule has 0 unspecified atom stereocenters. The molecule has 0 atom stereocenters. The molecule has 0 bridgehead atoms. The number of rotatable bonds is 4. The lowest BCUT2D eigenvalue weighted by atomic mass is 10.0. The highest BCUT2D eigenvalue weighted by atomic mass is 19.1. The molecular formula is C23H23FN4O3. The predicted molar refractivity (Wildman–Crippen MR) is 114 cm³/mol. The van der Waals surface area contributed by atoms with Crippen LogP contribution in [0.15, 0.2) is 53.3 Å². The van der Waals surface area contributed by atoms with E-state index in [4.69, 9.17) is 0 Å². The summed E-state index contributed by atoms with van der Waals surface area (Å²) in [6, 6.07) is 12.7. The van der Waals surface area contributed by atoms with Gasteiger partial charge >= 0.3 is 0 Å². The maximum absolute atomic E-state index is 13.9. The molecule has 1 aliphatic heterocycles. The Bertz CT molecular complexity index is 1200. The highest BCUT2D eigenvalue weighted by Crippen LogP contribution is 2.18. The Morgan fingerprint density at radius 3 is 2.39 bits per heavy atom. The molecule has 2 heterocycles.